The molecule has 0 saturated heterocycles. The molecule has 92 valence electrons. The molecule has 0 aliphatic rings. The number of hydrogen-bond acceptors (Lipinski definition) is 4. The minimum atomic E-state index is 0.335. The van der Waals surface area contributed by atoms with E-state index in [9.17, 15) is 0 Å². The molecule has 0 amide bonds. The van der Waals surface area contributed by atoms with E-state index in [1.165, 1.54) is 15.4 Å². The zero-order valence-electron chi connectivity index (χ0n) is 10.4. The van der Waals surface area contributed by atoms with Gasteiger partial charge in [0.2, 0.25) is 0 Å². The van der Waals surface area contributed by atoms with Crippen LogP contribution in [0.2, 0.25) is 0 Å². The van der Waals surface area contributed by atoms with E-state index in [-0.39, 0.29) is 0 Å². The zero-order valence-corrected chi connectivity index (χ0v) is 12.1. The van der Waals surface area contributed by atoms with E-state index in [1.54, 1.807) is 22.7 Å². The molecule has 0 bridgehead atoms. The third-order valence-corrected chi connectivity index (χ3v) is 4.49. The summed E-state index contributed by atoms with van der Waals surface area (Å²) in [5, 5.41) is 9.13. The van der Waals surface area contributed by atoms with Crippen LogP contribution in [-0.4, -0.2) is 11.0 Å². The van der Waals surface area contributed by atoms with E-state index in [4.69, 9.17) is 0 Å². The van der Waals surface area contributed by atoms with Gasteiger partial charge in [-0.05, 0) is 49.6 Å². The first-order valence-electron chi connectivity index (χ1n) is 5.84. The molecule has 0 saturated carbocycles. The number of nitrogens with zero attached hydrogens (tertiary/aromatic N) is 1. The molecule has 2 aromatic heterocycles. The standard InChI is InChI=1S/C13H18N2S2/c1-9(6-12-4-5-16-8-12)15-11(3)13-14-7-10(2)17-13/h4-5,7-9,11,15H,6H2,1-3H3/t9-,11-/m1/s1. The molecule has 2 aromatic rings. The van der Waals surface area contributed by atoms with Gasteiger partial charge in [0.1, 0.15) is 5.01 Å². The van der Waals surface area contributed by atoms with Crippen LogP contribution in [0.25, 0.3) is 0 Å². The number of rotatable bonds is 5. The van der Waals surface area contributed by atoms with Crippen molar-refractivity contribution >= 4 is 22.7 Å². The second-order valence-corrected chi connectivity index (χ2v) is 6.48. The lowest BCUT2D eigenvalue weighted by Crippen LogP contribution is -2.30. The number of nitrogens with one attached hydrogen (secondary N) is 1. The van der Waals surface area contributed by atoms with Crippen LogP contribution in [-0.2, 0) is 6.42 Å². The van der Waals surface area contributed by atoms with Crippen molar-refractivity contribution in [3.63, 3.8) is 0 Å². The smallest absolute Gasteiger partial charge is 0.109 e. The monoisotopic (exact) mass is 266 g/mol. The van der Waals surface area contributed by atoms with Gasteiger partial charge in [-0.25, -0.2) is 4.98 Å². The van der Waals surface area contributed by atoms with Gasteiger partial charge in [-0.3, -0.25) is 0 Å². The normalized spacial score (nSPS) is 14.8. The van der Waals surface area contributed by atoms with Crippen molar-refractivity contribution in [3.05, 3.63) is 38.5 Å². The van der Waals surface area contributed by atoms with Gasteiger partial charge >= 0.3 is 0 Å². The summed E-state index contributed by atoms with van der Waals surface area (Å²) in [7, 11) is 0. The SMILES string of the molecule is Cc1cnc([C@@H](C)N[C@H](C)Cc2ccsc2)s1. The van der Waals surface area contributed by atoms with Crippen LogP contribution in [0.5, 0.6) is 0 Å². The molecule has 2 nitrogen and oxygen atoms in total. The highest BCUT2D eigenvalue weighted by Crippen LogP contribution is 2.20. The highest BCUT2D eigenvalue weighted by atomic mass is 32.1. The van der Waals surface area contributed by atoms with Crippen molar-refractivity contribution in [3.8, 4) is 0 Å². The van der Waals surface area contributed by atoms with Crippen LogP contribution in [0.1, 0.15) is 35.3 Å². The van der Waals surface area contributed by atoms with Gasteiger partial charge in [-0.2, -0.15) is 11.3 Å². The van der Waals surface area contributed by atoms with Gasteiger partial charge in [-0.1, -0.05) is 0 Å². The summed E-state index contributed by atoms with van der Waals surface area (Å²) in [6, 6.07) is 3.01. The second kappa shape index (κ2) is 5.76. The fraction of sp³-hybridized carbons (Fsp3) is 0.462. The summed E-state index contributed by atoms with van der Waals surface area (Å²) in [5.41, 5.74) is 1.41. The highest BCUT2D eigenvalue weighted by molar-refractivity contribution is 7.11. The van der Waals surface area contributed by atoms with Crippen molar-refractivity contribution < 1.29 is 0 Å². The third-order valence-electron chi connectivity index (χ3n) is 2.67. The minimum Gasteiger partial charge on any atom is -0.305 e. The van der Waals surface area contributed by atoms with Gasteiger partial charge < -0.3 is 5.32 Å². The Morgan fingerprint density at radius 2 is 2.24 bits per heavy atom. The molecule has 2 heterocycles. The Hall–Kier alpha value is -0.710. The van der Waals surface area contributed by atoms with Gasteiger partial charge in [0.15, 0.2) is 0 Å². The Balaban J connectivity index is 1.88. The van der Waals surface area contributed by atoms with Crippen LogP contribution in [0.15, 0.2) is 23.0 Å². The summed E-state index contributed by atoms with van der Waals surface area (Å²) < 4.78 is 0. The van der Waals surface area contributed by atoms with Crippen molar-refractivity contribution in [1.82, 2.24) is 10.3 Å². The molecule has 4 heteroatoms. The van der Waals surface area contributed by atoms with Crippen molar-refractivity contribution in [2.24, 2.45) is 0 Å². The van der Waals surface area contributed by atoms with Crippen molar-refractivity contribution in [2.45, 2.75) is 39.3 Å². The molecule has 0 unspecified atom stereocenters. The average Bonchev–Trinajstić information content (AvgIpc) is 2.89. The average molecular weight is 266 g/mol. The maximum atomic E-state index is 4.42. The Labute approximate surface area is 111 Å². The summed E-state index contributed by atoms with van der Waals surface area (Å²) in [4.78, 5) is 5.70. The van der Waals surface area contributed by atoms with E-state index >= 15 is 0 Å². The molecular weight excluding hydrogens is 248 g/mol. The maximum absolute atomic E-state index is 4.42. The number of thiophene rings is 1. The predicted octanol–water partition coefficient (Wildman–Crippen LogP) is 3.79. The van der Waals surface area contributed by atoms with Crippen LogP contribution in [0.4, 0.5) is 0 Å². The molecule has 2 rings (SSSR count). The van der Waals surface area contributed by atoms with E-state index in [0.717, 1.165) is 6.42 Å². The first-order valence-corrected chi connectivity index (χ1v) is 7.60. The Bertz CT molecular complexity index is 448. The number of aromatic nitrogens is 1. The lowest BCUT2D eigenvalue weighted by Gasteiger charge is -2.17. The highest BCUT2D eigenvalue weighted by Gasteiger charge is 2.12. The van der Waals surface area contributed by atoms with Gasteiger partial charge in [0.05, 0.1) is 6.04 Å². The van der Waals surface area contributed by atoms with Gasteiger partial charge in [-0.15, -0.1) is 11.3 Å². The maximum Gasteiger partial charge on any atom is 0.109 e. The fourth-order valence-corrected chi connectivity index (χ4v) is 3.36. The van der Waals surface area contributed by atoms with Crippen LogP contribution in [0.3, 0.4) is 0 Å². The largest absolute Gasteiger partial charge is 0.305 e. The molecule has 1 N–H and O–H groups in total. The van der Waals surface area contributed by atoms with Crippen molar-refractivity contribution in [2.75, 3.05) is 0 Å². The molecule has 0 fully saturated rings. The minimum absolute atomic E-state index is 0.335. The van der Waals surface area contributed by atoms with Gasteiger partial charge in [0, 0.05) is 17.1 Å². The molecule has 0 radical (unpaired) electrons. The molecule has 0 aliphatic heterocycles. The van der Waals surface area contributed by atoms with Crippen LogP contribution >= 0.6 is 22.7 Å². The topological polar surface area (TPSA) is 24.9 Å². The Morgan fingerprint density at radius 1 is 1.41 bits per heavy atom. The van der Waals surface area contributed by atoms with E-state index in [0.29, 0.717) is 12.1 Å². The first kappa shape index (κ1) is 12.7. The van der Waals surface area contributed by atoms with Crippen LogP contribution in [0, 0.1) is 6.92 Å². The molecule has 0 aliphatic carbocycles. The van der Waals surface area contributed by atoms with Gasteiger partial charge in [0.25, 0.3) is 0 Å². The fourth-order valence-electron chi connectivity index (χ4n) is 1.89. The quantitative estimate of drug-likeness (QED) is 0.890. The summed E-state index contributed by atoms with van der Waals surface area (Å²) in [6.45, 7) is 6.51. The van der Waals surface area contributed by atoms with E-state index in [2.05, 4.69) is 47.9 Å². The summed E-state index contributed by atoms with van der Waals surface area (Å²) in [6.07, 6.45) is 3.03. The lowest BCUT2D eigenvalue weighted by atomic mass is 10.1. The second-order valence-electron chi connectivity index (χ2n) is 4.43. The van der Waals surface area contributed by atoms with Crippen molar-refractivity contribution in [1.29, 1.82) is 0 Å². The number of hydrogen-bond donors (Lipinski definition) is 1. The number of aryl methyl sites for hydroxylation is 1. The zero-order chi connectivity index (χ0) is 12.3. The molecule has 2 atom stereocenters. The third kappa shape index (κ3) is 3.63. The molecule has 0 spiro atoms. The van der Waals surface area contributed by atoms with Crippen LogP contribution < -0.4 is 5.32 Å². The number of thiazole rings is 1. The Morgan fingerprint density at radius 3 is 2.82 bits per heavy atom. The first-order chi connectivity index (χ1) is 8.15. The van der Waals surface area contributed by atoms with E-state index < -0.39 is 0 Å². The summed E-state index contributed by atoms with van der Waals surface area (Å²) in [5.74, 6) is 0. The molecule has 17 heavy (non-hydrogen) atoms. The van der Waals surface area contributed by atoms with E-state index in [1.807, 2.05) is 6.20 Å². The molecular formula is C13H18N2S2. The summed E-state index contributed by atoms with van der Waals surface area (Å²) >= 11 is 3.54. The Kier molecular flexibility index (Phi) is 4.31. The molecule has 0 aromatic carbocycles. The lowest BCUT2D eigenvalue weighted by molar-refractivity contribution is 0.476. The predicted molar refractivity (Wildman–Crippen MR) is 75.9 cm³/mol.